The van der Waals surface area contributed by atoms with Crippen molar-refractivity contribution in [2.75, 3.05) is 23.4 Å². The first kappa shape index (κ1) is 22.0. The van der Waals surface area contributed by atoms with Crippen LogP contribution in [0.1, 0.15) is 18.4 Å². The highest BCUT2D eigenvalue weighted by atomic mass is 35.5. The molecule has 160 valence electrons. The van der Waals surface area contributed by atoms with Gasteiger partial charge in [-0.25, -0.2) is 4.79 Å². The Morgan fingerprint density at radius 3 is 2.77 bits per heavy atom. The number of carbonyl (C=O) groups is 3. The van der Waals surface area contributed by atoms with Gasteiger partial charge in [-0.1, -0.05) is 23.7 Å². The van der Waals surface area contributed by atoms with Crippen molar-refractivity contribution in [2.45, 2.75) is 12.8 Å². The highest BCUT2D eigenvalue weighted by Crippen LogP contribution is 2.26. The molecule has 0 aromatic heterocycles. The highest BCUT2D eigenvalue weighted by molar-refractivity contribution is 6.32. The van der Waals surface area contributed by atoms with Crippen LogP contribution < -0.4 is 10.2 Å². The van der Waals surface area contributed by atoms with Crippen LogP contribution in [0.2, 0.25) is 5.02 Å². The van der Waals surface area contributed by atoms with Crippen LogP contribution in [0, 0.1) is 10.1 Å². The molecule has 2 amide bonds. The van der Waals surface area contributed by atoms with Gasteiger partial charge in [0.2, 0.25) is 5.91 Å². The number of nitro groups is 1. The molecule has 0 bridgehead atoms. The summed E-state index contributed by atoms with van der Waals surface area (Å²) < 4.78 is 4.88. The minimum absolute atomic E-state index is 0.0143. The number of hydrogen-bond acceptors (Lipinski definition) is 6. The van der Waals surface area contributed by atoms with Gasteiger partial charge in [0.05, 0.1) is 4.92 Å². The summed E-state index contributed by atoms with van der Waals surface area (Å²) in [7, 11) is 0. The monoisotopic (exact) mass is 443 g/mol. The molecule has 9 nitrogen and oxygen atoms in total. The molecule has 0 radical (unpaired) electrons. The number of hydrogen-bond donors (Lipinski definition) is 1. The molecule has 2 aromatic carbocycles. The number of nitrogens with one attached hydrogen (secondary N) is 1. The third-order valence-electron chi connectivity index (χ3n) is 4.44. The van der Waals surface area contributed by atoms with Gasteiger partial charge in [-0.2, -0.15) is 0 Å². The molecule has 10 heteroatoms. The van der Waals surface area contributed by atoms with E-state index in [0.29, 0.717) is 29.9 Å². The Kier molecular flexibility index (Phi) is 6.99. The molecular formula is C21H18ClN3O6. The van der Waals surface area contributed by atoms with E-state index in [4.69, 9.17) is 16.3 Å². The molecule has 3 rings (SSSR count). The summed E-state index contributed by atoms with van der Waals surface area (Å²) >= 11 is 5.74. The number of esters is 1. The van der Waals surface area contributed by atoms with E-state index in [-0.39, 0.29) is 16.6 Å². The van der Waals surface area contributed by atoms with Crippen LogP contribution in [0.3, 0.4) is 0 Å². The van der Waals surface area contributed by atoms with Crippen LogP contribution in [0.15, 0.2) is 48.5 Å². The van der Waals surface area contributed by atoms with Crippen LogP contribution in [-0.2, 0) is 19.1 Å². The van der Waals surface area contributed by atoms with Crippen molar-refractivity contribution in [1.82, 2.24) is 0 Å². The number of rotatable bonds is 7. The molecule has 0 atom stereocenters. The molecule has 2 aromatic rings. The van der Waals surface area contributed by atoms with E-state index in [2.05, 4.69) is 5.32 Å². The first-order valence-electron chi connectivity index (χ1n) is 9.32. The molecule has 1 heterocycles. The van der Waals surface area contributed by atoms with Gasteiger partial charge in [-0.15, -0.1) is 0 Å². The summed E-state index contributed by atoms with van der Waals surface area (Å²) in [5, 5.41) is 13.5. The zero-order valence-electron chi connectivity index (χ0n) is 16.2. The standard InChI is InChI=1S/C21H18ClN3O6/c22-17-8-6-14(11-18(17)25(29)30)7-9-21(28)31-13-19(26)23-15-3-1-4-16(12-15)24-10-2-5-20(24)27/h1,3-4,6-9,11-12H,2,5,10,13H2,(H,23,26)/b9-7+. The second-order valence-electron chi connectivity index (χ2n) is 6.66. The number of nitro benzene ring substituents is 1. The topological polar surface area (TPSA) is 119 Å². The number of amides is 2. The number of benzene rings is 2. The maximum absolute atomic E-state index is 12.1. The fraction of sp³-hybridized carbons (Fsp3) is 0.190. The van der Waals surface area contributed by atoms with Crippen molar-refractivity contribution in [3.05, 3.63) is 69.2 Å². The van der Waals surface area contributed by atoms with E-state index in [9.17, 15) is 24.5 Å². The number of anilines is 2. The zero-order chi connectivity index (χ0) is 22.4. The summed E-state index contributed by atoms with van der Waals surface area (Å²) in [4.78, 5) is 47.7. The summed E-state index contributed by atoms with van der Waals surface area (Å²) in [6, 6.07) is 10.9. The predicted molar refractivity (Wildman–Crippen MR) is 115 cm³/mol. The maximum atomic E-state index is 12.1. The largest absolute Gasteiger partial charge is 0.452 e. The fourth-order valence-electron chi connectivity index (χ4n) is 2.99. The van der Waals surface area contributed by atoms with Crippen LogP contribution in [0.5, 0.6) is 0 Å². The van der Waals surface area contributed by atoms with Gasteiger partial charge in [0.1, 0.15) is 5.02 Å². The Morgan fingerprint density at radius 2 is 2.06 bits per heavy atom. The normalized spacial score (nSPS) is 13.5. The van der Waals surface area contributed by atoms with E-state index in [1.807, 2.05) is 0 Å². The molecule has 0 spiro atoms. The summed E-state index contributed by atoms with van der Waals surface area (Å²) in [5.74, 6) is -1.30. The smallest absolute Gasteiger partial charge is 0.331 e. The fourth-order valence-corrected chi connectivity index (χ4v) is 3.18. The van der Waals surface area contributed by atoms with E-state index < -0.39 is 23.4 Å². The number of ether oxygens (including phenoxy) is 1. The lowest BCUT2D eigenvalue weighted by Crippen LogP contribution is -2.24. The van der Waals surface area contributed by atoms with Crippen LogP contribution in [-0.4, -0.2) is 35.9 Å². The Morgan fingerprint density at radius 1 is 1.26 bits per heavy atom. The van der Waals surface area contributed by atoms with Crippen molar-refractivity contribution >= 4 is 52.5 Å². The van der Waals surface area contributed by atoms with Gasteiger partial charge in [0.15, 0.2) is 6.61 Å². The van der Waals surface area contributed by atoms with Gasteiger partial charge < -0.3 is 15.0 Å². The van der Waals surface area contributed by atoms with Gasteiger partial charge in [0, 0.05) is 36.5 Å². The van der Waals surface area contributed by atoms with Crippen molar-refractivity contribution in [3.8, 4) is 0 Å². The second-order valence-corrected chi connectivity index (χ2v) is 7.06. The van der Waals surface area contributed by atoms with Crippen LogP contribution in [0.25, 0.3) is 6.08 Å². The van der Waals surface area contributed by atoms with Gasteiger partial charge in [-0.3, -0.25) is 19.7 Å². The van der Waals surface area contributed by atoms with Crippen molar-refractivity contribution in [3.63, 3.8) is 0 Å². The predicted octanol–water partition coefficient (Wildman–Crippen LogP) is 3.57. The molecule has 1 N–H and O–H groups in total. The summed E-state index contributed by atoms with van der Waals surface area (Å²) in [5.41, 5.74) is 1.26. The summed E-state index contributed by atoms with van der Waals surface area (Å²) in [6.07, 6.45) is 3.67. The molecule has 1 saturated heterocycles. The maximum Gasteiger partial charge on any atom is 0.331 e. The lowest BCUT2D eigenvalue weighted by molar-refractivity contribution is -0.384. The van der Waals surface area contributed by atoms with E-state index >= 15 is 0 Å². The Hall–Kier alpha value is -3.72. The SMILES string of the molecule is O=C(COC(=O)/C=C/c1ccc(Cl)c([N+](=O)[O-])c1)Nc1cccc(N2CCCC2=O)c1. The van der Waals surface area contributed by atoms with Crippen molar-refractivity contribution in [1.29, 1.82) is 0 Å². The lowest BCUT2D eigenvalue weighted by atomic mass is 10.2. The number of halogens is 1. The third kappa shape index (κ3) is 5.89. The van der Waals surface area contributed by atoms with Crippen LogP contribution >= 0.6 is 11.6 Å². The first-order valence-corrected chi connectivity index (χ1v) is 9.70. The van der Waals surface area contributed by atoms with E-state index in [1.165, 1.54) is 24.3 Å². The molecule has 0 aliphatic carbocycles. The minimum atomic E-state index is -0.788. The first-order chi connectivity index (χ1) is 14.8. The number of nitrogens with zero attached hydrogens (tertiary/aromatic N) is 2. The minimum Gasteiger partial charge on any atom is -0.452 e. The molecule has 1 aliphatic rings. The molecule has 31 heavy (non-hydrogen) atoms. The Labute approximate surface area is 182 Å². The van der Waals surface area contributed by atoms with Gasteiger partial charge >= 0.3 is 5.97 Å². The van der Waals surface area contributed by atoms with Gasteiger partial charge in [-0.05, 0) is 42.3 Å². The van der Waals surface area contributed by atoms with Gasteiger partial charge in [0.25, 0.3) is 11.6 Å². The molecule has 0 saturated carbocycles. The molecule has 1 aliphatic heterocycles. The third-order valence-corrected chi connectivity index (χ3v) is 4.76. The lowest BCUT2D eigenvalue weighted by Gasteiger charge is -2.16. The van der Waals surface area contributed by atoms with Crippen molar-refractivity contribution < 1.29 is 24.0 Å². The summed E-state index contributed by atoms with van der Waals surface area (Å²) in [6.45, 7) is 0.119. The van der Waals surface area contributed by atoms with E-state index in [1.54, 1.807) is 29.2 Å². The van der Waals surface area contributed by atoms with Crippen molar-refractivity contribution in [2.24, 2.45) is 0 Å². The molecule has 0 unspecified atom stereocenters. The average molecular weight is 444 g/mol. The molecular weight excluding hydrogens is 426 g/mol. The quantitative estimate of drug-likeness (QED) is 0.302. The second kappa shape index (κ2) is 9.86. The average Bonchev–Trinajstić information content (AvgIpc) is 3.17. The Balaban J connectivity index is 1.52. The number of carbonyl (C=O) groups excluding carboxylic acids is 3. The van der Waals surface area contributed by atoms with E-state index in [0.717, 1.165) is 12.5 Å². The highest BCUT2D eigenvalue weighted by Gasteiger charge is 2.21. The van der Waals surface area contributed by atoms with Crippen LogP contribution in [0.4, 0.5) is 17.1 Å². The Bertz CT molecular complexity index is 1070. The molecule has 1 fully saturated rings. The zero-order valence-corrected chi connectivity index (χ0v) is 17.0.